The van der Waals surface area contributed by atoms with E-state index in [2.05, 4.69) is 51.1 Å². The van der Waals surface area contributed by atoms with Crippen LogP contribution in [0.3, 0.4) is 0 Å². The zero-order chi connectivity index (χ0) is 13.9. The van der Waals surface area contributed by atoms with Crippen molar-refractivity contribution in [2.24, 2.45) is 17.6 Å². The SMILES string of the molecule is CCC1CCC(C(N)C(C)(C)c2ccccc2)CC1. The molecule has 1 aliphatic carbocycles. The molecule has 1 aromatic rings. The lowest BCUT2D eigenvalue weighted by Crippen LogP contribution is -2.47. The summed E-state index contributed by atoms with van der Waals surface area (Å²) in [4.78, 5) is 0. The predicted molar refractivity (Wildman–Crippen MR) is 83.2 cm³/mol. The van der Waals surface area contributed by atoms with Crippen molar-refractivity contribution in [3.05, 3.63) is 35.9 Å². The largest absolute Gasteiger partial charge is 0.327 e. The molecule has 2 N–H and O–H groups in total. The Hall–Kier alpha value is -0.820. The van der Waals surface area contributed by atoms with Gasteiger partial charge in [-0.05, 0) is 30.2 Å². The first-order valence-corrected chi connectivity index (χ1v) is 7.86. The van der Waals surface area contributed by atoms with Gasteiger partial charge < -0.3 is 5.73 Å². The van der Waals surface area contributed by atoms with Crippen molar-refractivity contribution in [3.8, 4) is 0 Å². The zero-order valence-electron chi connectivity index (χ0n) is 12.7. The van der Waals surface area contributed by atoms with Crippen LogP contribution in [0.1, 0.15) is 58.4 Å². The van der Waals surface area contributed by atoms with E-state index in [0.29, 0.717) is 5.92 Å². The summed E-state index contributed by atoms with van der Waals surface area (Å²) in [6.07, 6.45) is 6.72. The first-order valence-electron chi connectivity index (χ1n) is 7.86. The molecule has 0 radical (unpaired) electrons. The average molecular weight is 259 g/mol. The van der Waals surface area contributed by atoms with E-state index in [1.54, 1.807) is 0 Å². The van der Waals surface area contributed by atoms with E-state index in [-0.39, 0.29) is 11.5 Å². The number of benzene rings is 1. The topological polar surface area (TPSA) is 26.0 Å². The van der Waals surface area contributed by atoms with E-state index < -0.39 is 0 Å². The van der Waals surface area contributed by atoms with Crippen LogP contribution in [0.5, 0.6) is 0 Å². The van der Waals surface area contributed by atoms with Gasteiger partial charge in [0.2, 0.25) is 0 Å². The molecule has 0 bridgehead atoms. The average Bonchev–Trinajstić information content (AvgIpc) is 2.47. The minimum atomic E-state index is 0.0744. The van der Waals surface area contributed by atoms with Crippen LogP contribution in [0.4, 0.5) is 0 Å². The maximum absolute atomic E-state index is 6.65. The fraction of sp³-hybridized carbons (Fsp3) is 0.667. The molecule has 106 valence electrons. The summed E-state index contributed by atoms with van der Waals surface area (Å²) in [7, 11) is 0. The third-order valence-corrected chi connectivity index (χ3v) is 5.33. The van der Waals surface area contributed by atoms with Crippen molar-refractivity contribution >= 4 is 0 Å². The molecule has 1 heteroatoms. The van der Waals surface area contributed by atoms with Crippen molar-refractivity contribution in [1.29, 1.82) is 0 Å². The quantitative estimate of drug-likeness (QED) is 0.846. The molecule has 0 aromatic heterocycles. The highest BCUT2D eigenvalue weighted by atomic mass is 14.7. The van der Waals surface area contributed by atoms with Gasteiger partial charge in [-0.25, -0.2) is 0 Å². The lowest BCUT2D eigenvalue weighted by Gasteiger charge is -2.40. The lowest BCUT2D eigenvalue weighted by atomic mass is 9.67. The van der Waals surface area contributed by atoms with E-state index in [4.69, 9.17) is 5.73 Å². The van der Waals surface area contributed by atoms with E-state index in [1.165, 1.54) is 37.7 Å². The molecule has 1 saturated carbocycles. The van der Waals surface area contributed by atoms with Crippen molar-refractivity contribution < 1.29 is 0 Å². The van der Waals surface area contributed by atoms with Gasteiger partial charge in [0, 0.05) is 11.5 Å². The molecule has 0 spiro atoms. The van der Waals surface area contributed by atoms with E-state index in [9.17, 15) is 0 Å². The first-order chi connectivity index (χ1) is 9.05. The summed E-state index contributed by atoms with van der Waals surface area (Å²) < 4.78 is 0. The molecule has 1 fully saturated rings. The van der Waals surface area contributed by atoms with Crippen LogP contribution in [-0.2, 0) is 5.41 Å². The van der Waals surface area contributed by atoms with Gasteiger partial charge in [-0.2, -0.15) is 0 Å². The maximum atomic E-state index is 6.65. The van der Waals surface area contributed by atoms with Crippen molar-refractivity contribution in [1.82, 2.24) is 0 Å². The molecule has 0 saturated heterocycles. The summed E-state index contributed by atoms with van der Waals surface area (Å²) in [5.74, 6) is 1.64. The van der Waals surface area contributed by atoms with Crippen LogP contribution in [0.2, 0.25) is 0 Å². The minimum absolute atomic E-state index is 0.0744. The van der Waals surface area contributed by atoms with Gasteiger partial charge in [0.05, 0.1) is 0 Å². The smallest absolute Gasteiger partial charge is 0.0159 e. The van der Waals surface area contributed by atoms with Crippen molar-refractivity contribution in [3.63, 3.8) is 0 Å². The van der Waals surface area contributed by atoms with Crippen LogP contribution < -0.4 is 5.73 Å². The Balaban J connectivity index is 2.05. The van der Waals surface area contributed by atoms with Gasteiger partial charge in [-0.3, -0.25) is 0 Å². The summed E-state index contributed by atoms with van der Waals surface area (Å²) in [5, 5.41) is 0. The second-order valence-corrected chi connectivity index (χ2v) is 6.80. The molecule has 1 nitrogen and oxygen atoms in total. The summed E-state index contributed by atoms with van der Waals surface area (Å²) in [5.41, 5.74) is 8.09. The number of hydrogen-bond donors (Lipinski definition) is 1. The Morgan fingerprint density at radius 2 is 1.68 bits per heavy atom. The molecule has 1 unspecified atom stereocenters. The second-order valence-electron chi connectivity index (χ2n) is 6.80. The Morgan fingerprint density at radius 3 is 2.21 bits per heavy atom. The fourth-order valence-corrected chi connectivity index (χ4v) is 3.61. The monoisotopic (exact) mass is 259 g/mol. The molecule has 0 heterocycles. The van der Waals surface area contributed by atoms with Gasteiger partial charge in [-0.1, -0.05) is 70.4 Å². The molecule has 0 amide bonds. The molecule has 19 heavy (non-hydrogen) atoms. The minimum Gasteiger partial charge on any atom is -0.327 e. The molecular formula is C18H29N. The summed E-state index contributed by atoms with van der Waals surface area (Å²) in [6, 6.07) is 11.0. The Morgan fingerprint density at radius 1 is 1.11 bits per heavy atom. The second kappa shape index (κ2) is 6.09. The number of hydrogen-bond acceptors (Lipinski definition) is 1. The maximum Gasteiger partial charge on any atom is 0.0159 e. The van der Waals surface area contributed by atoms with Crippen molar-refractivity contribution in [2.45, 2.75) is 64.3 Å². The van der Waals surface area contributed by atoms with E-state index >= 15 is 0 Å². The summed E-state index contributed by atoms with van der Waals surface area (Å²) in [6.45, 7) is 6.93. The highest BCUT2D eigenvalue weighted by molar-refractivity contribution is 5.26. The van der Waals surface area contributed by atoms with Crippen LogP contribution in [0.25, 0.3) is 0 Å². The third-order valence-electron chi connectivity index (χ3n) is 5.33. The number of nitrogens with two attached hydrogens (primary N) is 1. The van der Waals surface area contributed by atoms with Crippen LogP contribution in [-0.4, -0.2) is 6.04 Å². The summed E-state index contributed by atoms with van der Waals surface area (Å²) >= 11 is 0. The third kappa shape index (κ3) is 3.20. The molecule has 1 atom stereocenters. The lowest BCUT2D eigenvalue weighted by molar-refractivity contribution is 0.196. The molecular weight excluding hydrogens is 230 g/mol. The molecule has 0 aliphatic heterocycles. The Labute approximate surface area is 118 Å². The van der Waals surface area contributed by atoms with E-state index in [1.807, 2.05) is 0 Å². The van der Waals surface area contributed by atoms with Crippen LogP contribution in [0.15, 0.2) is 30.3 Å². The van der Waals surface area contributed by atoms with Crippen LogP contribution >= 0.6 is 0 Å². The van der Waals surface area contributed by atoms with Gasteiger partial charge in [0.25, 0.3) is 0 Å². The standard InChI is InChI=1S/C18H29N/c1-4-14-10-12-15(13-11-14)17(19)18(2,3)16-8-6-5-7-9-16/h5-9,14-15,17H,4,10-13,19H2,1-3H3. The highest BCUT2D eigenvalue weighted by Gasteiger charge is 2.35. The van der Waals surface area contributed by atoms with Gasteiger partial charge in [0.1, 0.15) is 0 Å². The fourth-order valence-electron chi connectivity index (χ4n) is 3.61. The predicted octanol–water partition coefficient (Wildman–Crippen LogP) is 4.51. The first kappa shape index (κ1) is 14.6. The molecule has 2 rings (SSSR count). The number of rotatable bonds is 4. The molecule has 1 aromatic carbocycles. The van der Waals surface area contributed by atoms with Crippen molar-refractivity contribution in [2.75, 3.05) is 0 Å². The normalized spacial score (nSPS) is 26.1. The van der Waals surface area contributed by atoms with Crippen LogP contribution in [0, 0.1) is 11.8 Å². The van der Waals surface area contributed by atoms with Gasteiger partial charge >= 0.3 is 0 Å². The highest BCUT2D eigenvalue weighted by Crippen LogP contribution is 2.38. The Bertz CT molecular complexity index is 374. The van der Waals surface area contributed by atoms with Gasteiger partial charge in [-0.15, -0.1) is 0 Å². The molecule has 1 aliphatic rings. The zero-order valence-corrected chi connectivity index (χ0v) is 12.7. The van der Waals surface area contributed by atoms with Gasteiger partial charge in [0.15, 0.2) is 0 Å². The van der Waals surface area contributed by atoms with E-state index in [0.717, 1.165) is 5.92 Å². The Kier molecular flexibility index (Phi) is 4.67.